The van der Waals surface area contributed by atoms with Crippen molar-refractivity contribution in [1.29, 1.82) is 0 Å². The number of carboxylic acid groups (broad SMARTS) is 1. The highest BCUT2D eigenvalue weighted by Gasteiger charge is 2.13. The number of aliphatic hydroxyl groups excluding tert-OH is 1. The van der Waals surface area contributed by atoms with E-state index in [0.29, 0.717) is 23.3 Å². The van der Waals surface area contributed by atoms with Gasteiger partial charge in [0.1, 0.15) is 6.23 Å². The summed E-state index contributed by atoms with van der Waals surface area (Å²) in [7, 11) is 0. The van der Waals surface area contributed by atoms with E-state index in [4.69, 9.17) is 10.8 Å². The Balaban J connectivity index is 2.10. The Morgan fingerprint density at radius 2 is 2.00 bits per heavy atom. The minimum Gasteiger partial charge on any atom is -0.477 e. The summed E-state index contributed by atoms with van der Waals surface area (Å²) in [6.45, 7) is 1.93. The fraction of sp³-hybridized carbons (Fsp3) is 0.188. The molecule has 0 amide bonds. The van der Waals surface area contributed by atoms with Gasteiger partial charge >= 0.3 is 5.97 Å². The lowest BCUT2D eigenvalue weighted by Gasteiger charge is -2.04. The van der Waals surface area contributed by atoms with Crippen molar-refractivity contribution in [2.24, 2.45) is 5.73 Å². The molecule has 3 aromatic rings. The van der Waals surface area contributed by atoms with Crippen LogP contribution in [0.3, 0.4) is 0 Å². The van der Waals surface area contributed by atoms with E-state index in [-0.39, 0.29) is 5.69 Å². The van der Waals surface area contributed by atoms with E-state index in [1.54, 1.807) is 34.8 Å². The number of hydrogen-bond donors (Lipinski definition) is 3. The first-order chi connectivity index (χ1) is 11.0. The van der Waals surface area contributed by atoms with Crippen molar-refractivity contribution < 1.29 is 15.0 Å². The highest BCUT2D eigenvalue weighted by molar-refractivity contribution is 5.86. The molecule has 2 aromatic heterocycles. The molecule has 0 bridgehead atoms. The summed E-state index contributed by atoms with van der Waals surface area (Å²) in [5, 5.41) is 23.0. The van der Waals surface area contributed by atoms with Crippen LogP contribution in [-0.4, -0.2) is 30.8 Å². The number of aromatic nitrogens is 3. The van der Waals surface area contributed by atoms with Crippen LogP contribution >= 0.6 is 0 Å². The predicted octanol–water partition coefficient (Wildman–Crippen LogP) is 1.61. The SMILES string of the molecule is CCc1cc(C(=O)O)nc2cc(-c3ccc(C(N)O)cc3)nn12. The molecule has 1 atom stereocenters. The van der Waals surface area contributed by atoms with Gasteiger partial charge in [-0.1, -0.05) is 31.2 Å². The van der Waals surface area contributed by atoms with Gasteiger partial charge in [0.25, 0.3) is 0 Å². The molecule has 0 spiro atoms. The molecule has 7 nitrogen and oxygen atoms in total. The largest absolute Gasteiger partial charge is 0.477 e. The number of carbonyl (C=O) groups is 1. The summed E-state index contributed by atoms with van der Waals surface area (Å²) in [5.74, 6) is -1.06. The minimum absolute atomic E-state index is 0.00222. The van der Waals surface area contributed by atoms with Crippen molar-refractivity contribution in [3.8, 4) is 11.3 Å². The normalized spacial score (nSPS) is 12.5. The van der Waals surface area contributed by atoms with Crippen molar-refractivity contribution in [1.82, 2.24) is 14.6 Å². The van der Waals surface area contributed by atoms with E-state index in [0.717, 1.165) is 11.3 Å². The smallest absolute Gasteiger partial charge is 0.354 e. The molecule has 0 saturated heterocycles. The zero-order valence-corrected chi connectivity index (χ0v) is 12.5. The van der Waals surface area contributed by atoms with Gasteiger partial charge in [0.15, 0.2) is 11.3 Å². The lowest BCUT2D eigenvalue weighted by atomic mass is 10.1. The van der Waals surface area contributed by atoms with Gasteiger partial charge in [-0.05, 0) is 18.1 Å². The molecule has 0 aliphatic carbocycles. The lowest BCUT2D eigenvalue weighted by Crippen LogP contribution is -2.07. The molecule has 1 unspecified atom stereocenters. The van der Waals surface area contributed by atoms with Crippen LogP contribution in [0, 0.1) is 0 Å². The number of carboxylic acids is 1. The van der Waals surface area contributed by atoms with Crippen LogP contribution in [0.25, 0.3) is 16.9 Å². The van der Waals surface area contributed by atoms with Gasteiger partial charge in [-0.2, -0.15) is 5.10 Å². The van der Waals surface area contributed by atoms with Crippen LogP contribution in [0.2, 0.25) is 0 Å². The third-order valence-electron chi connectivity index (χ3n) is 3.63. The maximum Gasteiger partial charge on any atom is 0.354 e. The number of aliphatic hydroxyl groups is 1. The molecular weight excluding hydrogens is 296 g/mol. The lowest BCUT2D eigenvalue weighted by molar-refractivity contribution is 0.0690. The fourth-order valence-corrected chi connectivity index (χ4v) is 2.39. The predicted molar refractivity (Wildman–Crippen MR) is 83.9 cm³/mol. The van der Waals surface area contributed by atoms with Crippen molar-refractivity contribution >= 4 is 11.6 Å². The number of fused-ring (bicyclic) bond motifs is 1. The highest BCUT2D eigenvalue weighted by Crippen LogP contribution is 2.22. The molecule has 0 saturated carbocycles. The summed E-state index contributed by atoms with van der Waals surface area (Å²) in [6.07, 6.45) is -0.379. The first kappa shape index (κ1) is 15.1. The third-order valence-corrected chi connectivity index (χ3v) is 3.63. The maximum atomic E-state index is 11.2. The van der Waals surface area contributed by atoms with Gasteiger partial charge in [-0.25, -0.2) is 14.3 Å². The summed E-state index contributed by atoms with van der Waals surface area (Å²) >= 11 is 0. The number of rotatable bonds is 4. The Labute approximate surface area is 132 Å². The summed E-state index contributed by atoms with van der Waals surface area (Å²) in [5.41, 5.74) is 8.79. The molecular formula is C16H16N4O3. The number of nitrogens with two attached hydrogens (primary N) is 1. The minimum atomic E-state index is -1.06. The fourth-order valence-electron chi connectivity index (χ4n) is 2.39. The van der Waals surface area contributed by atoms with E-state index in [2.05, 4.69) is 10.1 Å². The highest BCUT2D eigenvalue weighted by atomic mass is 16.4. The van der Waals surface area contributed by atoms with Crippen molar-refractivity contribution in [3.05, 3.63) is 53.3 Å². The van der Waals surface area contributed by atoms with Gasteiger partial charge in [-0.15, -0.1) is 0 Å². The number of benzene rings is 1. The summed E-state index contributed by atoms with van der Waals surface area (Å²) in [4.78, 5) is 15.3. The number of aryl methyl sites for hydroxylation is 1. The maximum absolute atomic E-state index is 11.2. The molecule has 0 aliphatic rings. The standard InChI is InChI=1S/C16H16N4O3/c1-2-11-7-13(16(22)23)18-14-8-12(19-20(11)14)9-3-5-10(6-4-9)15(17)21/h3-8,15,21H,2,17H2,1H3,(H,22,23). The molecule has 4 N–H and O–H groups in total. The van der Waals surface area contributed by atoms with Crippen LogP contribution in [0.15, 0.2) is 36.4 Å². The topological polar surface area (TPSA) is 114 Å². The Hall–Kier alpha value is -2.77. The monoisotopic (exact) mass is 312 g/mol. The Morgan fingerprint density at radius 3 is 2.57 bits per heavy atom. The average molecular weight is 312 g/mol. The zero-order valence-electron chi connectivity index (χ0n) is 12.5. The zero-order chi connectivity index (χ0) is 16.6. The van der Waals surface area contributed by atoms with Crippen molar-refractivity contribution in [3.63, 3.8) is 0 Å². The first-order valence-corrected chi connectivity index (χ1v) is 7.16. The van der Waals surface area contributed by atoms with E-state index in [9.17, 15) is 9.90 Å². The summed E-state index contributed by atoms with van der Waals surface area (Å²) < 4.78 is 1.65. The van der Waals surface area contributed by atoms with Crippen molar-refractivity contribution in [2.45, 2.75) is 19.6 Å². The number of aromatic carboxylic acids is 1. The first-order valence-electron chi connectivity index (χ1n) is 7.16. The molecule has 0 fully saturated rings. The summed E-state index contributed by atoms with van der Waals surface area (Å²) in [6, 6.07) is 10.3. The van der Waals surface area contributed by atoms with Crippen LogP contribution in [0.5, 0.6) is 0 Å². The van der Waals surface area contributed by atoms with E-state index >= 15 is 0 Å². The van der Waals surface area contributed by atoms with Crippen LogP contribution < -0.4 is 5.73 Å². The molecule has 2 heterocycles. The Morgan fingerprint density at radius 1 is 1.30 bits per heavy atom. The Kier molecular flexibility index (Phi) is 3.81. The second kappa shape index (κ2) is 5.79. The van der Waals surface area contributed by atoms with Gasteiger partial charge in [0, 0.05) is 17.3 Å². The number of hydrogen-bond acceptors (Lipinski definition) is 5. The molecule has 7 heteroatoms. The quantitative estimate of drug-likeness (QED) is 0.631. The van der Waals surface area contributed by atoms with Crippen molar-refractivity contribution in [2.75, 3.05) is 0 Å². The van der Waals surface area contributed by atoms with Crippen LogP contribution in [0.1, 0.15) is 34.9 Å². The molecule has 23 heavy (non-hydrogen) atoms. The van der Waals surface area contributed by atoms with Crippen LogP contribution in [0.4, 0.5) is 0 Å². The van der Waals surface area contributed by atoms with Gasteiger partial charge in [0.2, 0.25) is 0 Å². The van der Waals surface area contributed by atoms with E-state index in [1.807, 2.05) is 6.92 Å². The molecule has 1 aromatic carbocycles. The molecule has 118 valence electrons. The van der Waals surface area contributed by atoms with Crippen LogP contribution in [-0.2, 0) is 6.42 Å². The Bertz CT molecular complexity index is 869. The second-order valence-electron chi connectivity index (χ2n) is 5.16. The van der Waals surface area contributed by atoms with Gasteiger partial charge < -0.3 is 15.9 Å². The molecule has 3 rings (SSSR count). The average Bonchev–Trinajstić information content (AvgIpc) is 2.97. The number of nitrogens with zero attached hydrogens (tertiary/aromatic N) is 3. The molecule has 0 radical (unpaired) electrons. The van der Waals surface area contributed by atoms with Gasteiger partial charge in [0.05, 0.1) is 5.69 Å². The van der Waals surface area contributed by atoms with E-state index < -0.39 is 12.2 Å². The van der Waals surface area contributed by atoms with Gasteiger partial charge in [-0.3, -0.25) is 0 Å². The molecule has 0 aliphatic heterocycles. The second-order valence-corrected chi connectivity index (χ2v) is 5.16. The third kappa shape index (κ3) is 2.79. The van der Waals surface area contributed by atoms with E-state index in [1.165, 1.54) is 6.07 Å².